The van der Waals surface area contributed by atoms with Gasteiger partial charge in [-0.2, -0.15) is 0 Å². The summed E-state index contributed by atoms with van der Waals surface area (Å²) in [4.78, 5) is 20.8. The van der Waals surface area contributed by atoms with Crippen LogP contribution in [-0.4, -0.2) is 55.1 Å². The molecule has 5 heteroatoms. The van der Waals surface area contributed by atoms with E-state index in [1.54, 1.807) is 0 Å². The van der Waals surface area contributed by atoms with E-state index in [0.29, 0.717) is 13.1 Å². The summed E-state index contributed by atoms with van der Waals surface area (Å²) in [6, 6.07) is 8.49. The van der Waals surface area contributed by atoms with Crippen molar-refractivity contribution in [3.05, 3.63) is 36.0 Å². The van der Waals surface area contributed by atoms with Crippen molar-refractivity contribution in [1.82, 2.24) is 15.2 Å². The minimum Gasteiger partial charge on any atom is -0.368 e. The van der Waals surface area contributed by atoms with E-state index in [9.17, 15) is 4.79 Å². The van der Waals surface area contributed by atoms with Gasteiger partial charge < -0.3 is 10.2 Å². The molecular formula is C18H24N4O. The first-order chi connectivity index (χ1) is 11.2. The van der Waals surface area contributed by atoms with Gasteiger partial charge in [-0.15, -0.1) is 0 Å². The van der Waals surface area contributed by atoms with E-state index in [-0.39, 0.29) is 5.91 Å². The monoisotopic (exact) mass is 312 g/mol. The number of fused-ring (bicyclic) bond motifs is 1. The Morgan fingerprint density at radius 2 is 2.00 bits per heavy atom. The van der Waals surface area contributed by atoms with Crippen LogP contribution in [0.3, 0.4) is 0 Å². The molecule has 0 saturated carbocycles. The van der Waals surface area contributed by atoms with Gasteiger partial charge in [0, 0.05) is 50.0 Å². The Hall–Kier alpha value is -2.14. The van der Waals surface area contributed by atoms with Gasteiger partial charge in [0.05, 0.1) is 12.1 Å². The summed E-state index contributed by atoms with van der Waals surface area (Å²) >= 11 is 0. The fraction of sp³-hybridized carbons (Fsp3) is 0.444. The van der Waals surface area contributed by atoms with Crippen molar-refractivity contribution in [3.63, 3.8) is 0 Å². The van der Waals surface area contributed by atoms with Crippen LogP contribution in [0.25, 0.3) is 10.9 Å². The summed E-state index contributed by atoms with van der Waals surface area (Å²) in [6.07, 6.45) is 1.88. The van der Waals surface area contributed by atoms with Crippen LogP contribution in [0.15, 0.2) is 30.5 Å². The van der Waals surface area contributed by atoms with E-state index in [0.717, 1.165) is 31.7 Å². The van der Waals surface area contributed by atoms with Gasteiger partial charge in [0.2, 0.25) is 5.91 Å². The lowest BCUT2D eigenvalue weighted by atomic mass is 10.1. The number of benzene rings is 1. The quantitative estimate of drug-likeness (QED) is 0.935. The lowest BCUT2D eigenvalue weighted by molar-refractivity contribution is -0.122. The number of nitrogens with one attached hydrogen (secondary N) is 1. The van der Waals surface area contributed by atoms with Crippen molar-refractivity contribution >= 4 is 22.5 Å². The fourth-order valence-corrected chi connectivity index (χ4v) is 3.12. The highest BCUT2D eigenvalue weighted by Crippen LogP contribution is 2.27. The van der Waals surface area contributed by atoms with E-state index in [2.05, 4.69) is 51.3 Å². The molecule has 3 rings (SSSR count). The molecule has 1 saturated heterocycles. The van der Waals surface area contributed by atoms with Crippen molar-refractivity contribution in [2.75, 3.05) is 44.2 Å². The predicted molar refractivity (Wildman–Crippen MR) is 93.8 cm³/mol. The average molecular weight is 312 g/mol. The smallest absolute Gasteiger partial charge is 0.234 e. The Morgan fingerprint density at radius 1 is 1.22 bits per heavy atom. The van der Waals surface area contributed by atoms with Crippen molar-refractivity contribution in [2.45, 2.75) is 13.8 Å². The van der Waals surface area contributed by atoms with Crippen LogP contribution in [0.2, 0.25) is 0 Å². The Morgan fingerprint density at radius 3 is 2.74 bits per heavy atom. The number of rotatable bonds is 4. The number of aromatic nitrogens is 1. The van der Waals surface area contributed by atoms with Crippen molar-refractivity contribution < 1.29 is 4.79 Å². The van der Waals surface area contributed by atoms with Gasteiger partial charge in [0.15, 0.2) is 0 Å². The van der Waals surface area contributed by atoms with E-state index in [1.165, 1.54) is 16.6 Å². The number of amides is 1. The number of nitrogens with zero attached hydrogens (tertiary/aromatic N) is 3. The largest absolute Gasteiger partial charge is 0.368 e. The molecule has 0 bridgehead atoms. The van der Waals surface area contributed by atoms with Crippen LogP contribution < -0.4 is 10.2 Å². The zero-order valence-electron chi connectivity index (χ0n) is 13.9. The summed E-state index contributed by atoms with van der Waals surface area (Å²) in [6.45, 7) is 8.95. The highest BCUT2D eigenvalue weighted by Gasteiger charge is 2.20. The molecular weight excluding hydrogens is 288 g/mol. The molecule has 0 aliphatic carbocycles. The molecule has 2 heterocycles. The number of aryl methyl sites for hydroxylation is 1. The van der Waals surface area contributed by atoms with Crippen LogP contribution in [0.4, 0.5) is 5.69 Å². The average Bonchev–Trinajstić information content (AvgIpc) is 2.55. The van der Waals surface area contributed by atoms with Gasteiger partial charge in [-0.05, 0) is 32.0 Å². The molecule has 1 aromatic carbocycles. The second-order valence-corrected chi connectivity index (χ2v) is 6.07. The van der Waals surface area contributed by atoms with Gasteiger partial charge in [0.1, 0.15) is 0 Å². The lowest BCUT2D eigenvalue weighted by Crippen LogP contribution is -2.49. The first kappa shape index (κ1) is 15.7. The predicted octanol–water partition coefficient (Wildman–Crippen LogP) is 1.80. The second kappa shape index (κ2) is 6.96. The van der Waals surface area contributed by atoms with Crippen LogP contribution in [0.1, 0.15) is 12.5 Å². The number of hydrogen-bond donors (Lipinski definition) is 1. The third-order valence-electron chi connectivity index (χ3n) is 4.33. The van der Waals surface area contributed by atoms with Gasteiger partial charge in [0.25, 0.3) is 0 Å². The molecule has 0 atom stereocenters. The topological polar surface area (TPSA) is 48.5 Å². The van der Waals surface area contributed by atoms with Crippen molar-refractivity contribution in [1.29, 1.82) is 0 Å². The summed E-state index contributed by atoms with van der Waals surface area (Å²) in [5.74, 6) is 0.117. The highest BCUT2D eigenvalue weighted by molar-refractivity contribution is 5.92. The molecule has 1 fully saturated rings. The molecule has 1 aromatic heterocycles. The molecule has 5 nitrogen and oxygen atoms in total. The minimum atomic E-state index is 0.117. The zero-order chi connectivity index (χ0) is 16.2. The number of hydrogen-bond acceptors (Lipinski definition) is 4. The third kappa shape index (κ3) is 3.62. The summed E-state index contributed by atoms with van der Waals surface area (Å²) in [5, 5.41) is 4.08. The van der Waals surface area contributed by atoms with E-state index < -0.39 is 0 Å². The number of anilines is 1. The highest BCUT2D eigenvalue weighted by atomic mass is 16.2. The fourth-order valence-electron chi connectivity index (χ4n) is 3.12. The van der Waals surface area contributed by atoms with Gasteiger partial charge in [-0.25, -0.2) is 0 Å². The molecule has 23 heavy (non-hydrogen) atoms. The summed E-state index contributed by atoms with van der Waals surface area (Å²) in [5.41, 5.74) is 3.54. The first-order valence-electron chi connectivity index (χ1n) is 8.26. The molecule has 1 aliphatic rings. The normalized spacial score (nSPS) is 15.8. The molecule has 1 aliphatic heterocycles. The second-order valence-electron chi connectivity index (χ2n) is 6.07. The van der Waals surface area contributed by atoms with Gasteiger partial charge in [-0.3, -0.25) is 14.7 Å². The van der Waals surface area contributed by atoms with Crippen LogP contribution in [-0.2, 0) is 4.79 Å². The third-order valence-corrected chi connectivity index (χ3v) is 4.33. The standard InChI is InChI=1S/C18H24N4O/c1-3-19-18(23)13-21-8-10-22(11-9-21)17-6-7-20-16-5-4-14(2)12-15(16)17/h4-7,12H,3,8-11,13H2,1-2H3,(H,19,23). The maximum atomic E-state index is 11.7. The molecule has 1 N–H and O–H groups in total. The Bertz CT molecular complexity index is 692. The maximum absolute atomic E-state index is 11.7. The van der Waals surface area contributed by atoms with Crippen LogP contribution in [0.5, 0.6) is 0 Å². The van der Waals surface area contributed by atoms with Crippen LogP contribution in [0, 0.1) is 6.92 Å². The number of carbonyl (C=O) groups is 1. The molecule has 0 spiro atoms. The minimum absolute atomic E-state index is 0.117. The van der Waals surface area contributed by atoms with Gasteiger partial charge in [-0.1, -0.05) is 11.6 Å². The van der Waals surface area contributed by atoms with Gasteiger partial charge >= 0.3 is 0 Å². The first-order valence-corrected chi connectivity index (χ1v) is 8.26. The molecule has 122 valence electrons. The van der Waals surface area contributed by atoms with Crippen molar-refractivity contribution in [3.8, 4) is 0 Å². The molecule has 0 unspecified atom stereocenters. The summed E-state index contributed by atoms with van der Waals surface area (Å²) in [7, 11) is 0. The Labute approximate surface area is 137 Å². The maximum Gasteiger partial charge on any atom is 0.234 e. The van der Waals surface area contributed by atoms with E-state index in [4.69, 9.17) is 0 Å². The van der Waals surface area contributed by atoms with E-state index >= 15 is 0 Å². The number of carbonyl (C=O) groups excluding carboxylic acids is 1. The Balaban J connectivity index is 1.71. The lowest BCUT2D eigenvalue weighted by Gasteiger charge is -2.36. The molecule has 0 radical (unpaired) electrons. The Kier molecular flexibility index (Phi) is 4.76. The van der Waals surface area contributed by atoms with Crippen molar-refractivity contribution in [2.24, 2.45) is 0 Å². The van der Waals surface area contributed by atoms with Crippen LogP contribution >= 0.6 is 0 Å². The number of pyridine rings is 1. The van der Waals surface area contributed by atoms with E-state index in [1.807, 2.05) is 13.1 Å². The number of piperazine rings is 1. The number of likely N-dealkylation sites (N-methyl/N-ethyl adjacent to an activating group) is 1. The molecule has 2 aromatic rings. The zero-order valence-corrected chi connectivity index (χ0v) is 13.9. The molecule has 1 amide bonds. The summed E-state index contributed by atoms with van der Waals surface area (Å²) < 4.78 is 0. The SMILES string of the molecule is CCNC(=O)CN1CCN(c2ccnc3ccc(C)cc23)CC1.